The maximum Gasteiger partial charge on any atom is 0.330 e. The molecule has 0 saturated carbocycles. The molecule has 0 N–H and O–H groups in total. The van der Waals surface area contributed by atoms with E-state index in [2.05, 4.69) is 29.2 Å². The first-order valence-electron chi connectivity index (χ1n) is 8.37. The van der Waals surface area contributed by atoms with Crippen LogP contribution in [0.4, 0.5) is 0 Å². The molecule has 1 saturated heterocycles. The number of rotatable bonds is 4. The number of benzene rings is 1. The molecule has 0 atom stereocenters. The van der Waals surface area contributed by atoms with E-state index in [1.165, 1.54) is 23.2 Å². The second-order valence-corrected chi connectivity index (χ2v) is 6.25. The second kappa shape index (κ2) is 8.83. The lowest BCUT2D eigenvalue weighted by molar-refractivity contribution is 0.199. The van der Waals surface area contributed by atoms with E-state index in [-0.39, 0.29) is 29.7 Å². The molecule has 0 spiro atoms. The number of piperidine rings is 1. The summed E-state index contributed by atoms with van der Waals surface area (Å²) in [4.78, 5) is 26.1. The van der Waals surface area contributed by atoms with E-state index in [1.54, 1.807) is 10.8 Å². The van der Waals surface area contributed by atoms with Crippen LogP contribution in [0, 0.1) is 0 Å². The average molecular weight is 362 g/mol. The smallest absolute Gasteiger partial charge is 0.300 e. The van der Waals surface area contributed by atoms with E-state index in [0.717, 1.165) is 32.5 Å². The van der Waals surface area contributed by atoms with Gasteiger partial charge in [0.25, 0.3) is 5.56 Å². The minimum atomic E-state index is -0.250. The Hall–Kier alpha value is -2.11. The van der Waals surface area contributed by atoms with Crippen LogP contribution in [0.3, 0.4) is 0 Å². The zero-order valence-corrected chi connectivity index (χ0v) is 15.2. The topological polar surface area (TPSA) is 47.2 Å². The summed E-state index contributed by atoms with van der Waals surface area (Å²) in [5.74, 6) is 0. The number of aromatic nitrogens is 2. The molecule has 1 aromatic heterocycles. The zero-order valence-electron chi connectivity index (χ0n) is 14.4. The Balaban J connectivity index is 0.00000225. The summed E-state index contributed by atoms with van der Waals surface area (Å²) in [7, 11) is 1.53. The highest BCUT2D eigenvalue weighted by Crippen LogP contribution is 2.20. The zero-order chi connectivity index (χ0) is 16.9. The highest BCUT2D eigenvalue weighted by Gasteiger charge is 2.21. The van der Waals surface area contributed by atoms with Crippen molar-refractivity contribution in [1.82, 2.24) is 14.0 Å². The van der Waals surface area contributed by atoms with Crippen LogP contribution in [0.25, 0.3) is 6.08 Å². The lowest BCUT2D eigenvalue weighted by atomic mass is 10.0. The maximum atomic E-state index is 12.2. The molecule has 1 fully saturated rings. The van der Waals surface area contributed by atoms with Gasteiger partial charge in [0.15, 0.2) is 0 Å². The summed E-state index contributed by atoms with van der Waals surface area (Å²) < 4.78 is 2.88. The van der Waals surface area contributed by atoms with E-state index in [0.29, 0.717) is 0 Å². The minimum absolute atomic E-state index is 0. The van der Waals surface area contributed by atoms with Crippen molar-refractivity contribution in [2.24, 2.45) is 7.05 Å². The number of hydrogen-bond acceptors (Lipinski definition) is 3. The van der Waals surface area contributed by atoms with Crippen molar-refractivity contribution in [2.75, 3.05) is 19.6 Å². The third kappa shape index (κ3) is 4.71. The molecule has 2 aromatic rings. The van der Waals surface area contributed by atoms with Gasteiger partial charge in [0, 0.05) is 45.0 Å². The molecule has 6 heteroatoms. The molecule has 0 unspecified atom stereocenters. The van der Waals surface area contributed by atoms with Crippen molar-refractivity contribution >= 4 is 18.5 Å². The summed E-state index contributed by atoms with van der Waals surface area (Å²) >= 11 is 0. The fourth-order valence-corrected chi connectivity index (χ4v) is 3.15. The molecule has 5 nitrogen and oxygen atoms in total. The number of nitrogens with zero attached hydrogens (tertiary/aromatic N) is 3. The van der Waals surface area contributed by atoms with E-state index in [1.807, 2.05) is 18.2 Å². The molecule has 0 aliphatic carbocycles. The van der Waals surface area contributed by atoms with Gasteiger partial charge in [-0.25, -0.2) is 4.79 Å². The van der Waals surface area contributed by atoms with Gasteiger partial charge < -0.3 is 0 Å². The molecule has 3 rings (SSSR count). The van der Waals surface area contributed by atoms with Crippen LogP contribution >= 0.6 is 12.4 Å². The van der Waals surface area contributed by atoms with Gasteiger partial charge in [-0.2, -0.15) is 0 Å². The van der Waals surface area contributed by atoms with E-state index < -0.39 is 0 Å². The molecule has 2 heterocycles. The van der Waals surface area contributed by atoms with Gasteiger partial charge in [-0.1, -0.05) is 42.5 Å². The lowest BCUT2D eigenvalue weighted by Gasteiger charge is -2.32. The number of halogens is 1. The average Bonchev–Trinajstić information content (AvgIpc) is 2.62. The van der Waals surface area contributed by atoms with E-state index in [4.69, 9.17) is 0 Å². The summed E-state index contributed by atoms with van der Waals surface area (Å²) in [6, 6.07) is 11.9. The summed E-state index contributed by atoms with van der Waals surface area (Å²) in [6.07, 6.45) is 7.83. The van der Waals surface area contributed by atoms with Gasteiger partial charge in [0.05, 0.1) is 0 Å². The van der Waals surface area contributed by atoms with Gasteiger partial charge in [-0.15, -0.1) is 12.4 Å². The van der Waals surface area contributed by atoms with E-state index >= 15 is 0 Å². The SMILES string of the molecule is Cl.Cn1c(=O)ccn(C2CCN(C/C=C/c3ccccc3)CC2)c1=O. The maximum absolute atomic E-state index is 12.2. The molecule has 134 valence electrons. The molecular weight excluding hydrogens is 338 g/mol. The predicted octanol–water partition coefficient (Wildman–Crippen LogP) is 2.32. The molecule has 1 aliphatic heterocycles. The van der Waals surface area contributed by atoms with Crippen LogP contribution in [0.2, 0.25) is 0 Å². The Bertz CT molecular complexity index is 819. The minimum Gasteiger partial charge on any atom is -0.300 e. The first kappa shape index (κ1) is 19.2. The largest absolute Gasteiger partial charge is 0.330 e. The fraction of sp³-hybridized carbons (Fsp3) is 0.368. The monoisotopic (exact) mass is 361 g/mol. The first-order valence-corrected chi connectivity index (χ1v) is 8.37. The van der Waals surface area contributed by atoms with Gasteiger partial charge >= 0.3 is 5.69 Å². The van der Waals surface area contributed by atoms with Crippen molar-refractivity contribution in [2.45, 2.75) is 18.9 Å². The van der Waals surface area contributed by atoms with Crippen LogP contribution in [-0.4, -0.2) is 33.7 Å². The van der Waals surface area contributed by atoms with Crippen LogP contribution in [-0.2, 0) is 7.05 Å². The lowest BCUT2D eigenvalue weighted by Crippen LogP contribution is -2.42. The highest BCUT2D eigenvalue weighted by atomic mass is 35.5. The summed E-state index contributed by atoms with van der Waals surface area (Å²) in [6.45, 7) is 2.84. The molecule has 25 heavy (non-hydrogen) atoms. The third-order valence-electron chi connectivity index (χ3n) is 4.64. The molecular formula is C19H24ClN3O2. The van der Waals surface area contributed by atoms with Gasteiger partial charge in [0.1, 0.15) is 0 Å². The van der Waals surface area contributed by atoms with Crippen molar-refractivity contribution in [1.29, 1.82) is 0 Å². The van der Waals surface area contributed by atoms with Gasteiger partial charge in [-0.05, 0) is 18.4 Å². The third-order valence-corrected chi connectivity index (χ3v) is 4.64. The molecule has 0 amide bonds. The van der Waals surface area contributed by atoms with Crippen LogP contribution < -0.4 is 11.2 Å². The van der Waals surface area contributed by atoms with Crippen LogP contribution in [0.15, 0.2) is 58.3 Å². The Kier molecular flexibility index (Phi) is 6.79. The highest BCUT2D eigenvalue weighted by molar-refractivity contribution is 5.85. The Morgan fingerprint density at radius 2 is 1.76 bits per heavy atom. The van der Waals surface area contributed by atoms with Gasteiger partial charge in [-0.3, -0.25) is 18.8 Å². The number of likely N-dealkylation sites (tertiary alicyclic amines) is 1. The van der Waals surface area contributed by atoms with Crippen molar-refractivity contribution in [3.05, 3.63) is 75.1 Å². The number of hydrogen-bond donors (Lipinski definition) is 0. The standard InChI is InChI=1S/C19H23N3O2.ClH/c1-20-18(23)11-15-22(19(20)24)17-9-13-21(14-10-17)12-5-8-16-6-3-2-4-7-16;/h2-8,11,15,17H,9-10,12-14H2,1H3;1H/b8-5+;. The Labute approximate surface area is 153 Å². The summed E-state index contributed by atoms with van der Waals surface area (Å²) in [5, 5.41) is 0. The summed E-state index contributed by atoms with van der Waals surface area (Å²) in [5.41, 5.74) is 0.744. The normalized spacial score (nSPS) is 16.0. The second-order valence-electron chi connectivity index (χ2n) is 6.25. The van der Waals surface area contributed by atoms with Crippen molar-refractivity contribution in [3.8, 4) is 0 Å². The predicted molar refractivity (Wildman–Crippen MR) is 103 cm³/mol. The molecule has 0 radical (unpaired) electrons. The van der Waals surface area contributed by atoms with Crippen molar-refractivity contribution in [3.63, 3.8) is 0 Å². The molecule has 1 aliphatic rings. The Morgan fingerprint density at radius 1 is 1.08 bits per heavy atom. The van der Waals surface area contributed by atoms with Gasteiger partial charge in [0.2, 0.25) is 0 Å². The molecule has 1 aromatic carbocycles. The molecule has 0 bridgehead atoms. The van der Waals surface area contributed by atoms with E-state index in [9.17, 15) is 9.59 Å². The quantitative estimate of drug-likeness (QED) is 0.839. The fourth-order valence-electron chi connectivity index (χ4n) is 3.15. The Morgan fingerprint density at radius 3 is 2.44 bits per heavy atom. The van der Waals surface area contributed by atoms with Crippen LogP contribution in [0.1, 0.15) is 24.4 Å². The van der Waals surface area contributed by atoms with Crippen LogP contribution in [0.5, 0.6) is 0 Å². The van der Waals surface area contributed by atoms with Crippen molar-refractivity contribution < 1.29 is 0 Å². The first-order chi connectivity index (χ1) is 11.6.